The van der Waals surface area contributed by atoms with Crippen molar-refractivity contribution in [1.29, 1.82) is 0 Å². The Hall–Kier alpha value is -1.17. The standard InChI is InChI=1S/C13H9F2IO/c14-10-4-9(5-11(15)6-10)8-17-13-3-1-2-12(16)7-13/h1-7H,8H2. The molecule has 0 aliphatic carbocycles. The van der Waals surface area contributed by atoms with Crippen molar-refractivity contribution in [2.24, 2.45) is 0 Å². The van der Waals surface area contributed by atoms with E-state index >= 15 is 0 Å². The molecule has 0 amide bonds. The lowest BCUT2D eigenvalue weighted by molar-refractivity contribution is 0.304. The first-order valence-electron chi connectivity index (χ1n) is 4.97. The molecule has 0 radical (unpaired) electrons. The third-order valence-electron chi connectivity index (χ3n) is 2.12. The Morgan fingerprint density at radius 1 is 1.00 bits per heavy atom. The van der Waals surface area contributed by atoms with Gasteiger partial charge in [0.05, 0.1) is 0 Å². The van der Waals surface area contributed by atoms with E-state index in [4.69, 9.17) is 4.74 Å². The second kappa shape index (κ2) is 5.44. The van der Waals surface area contributed by atoms with Gasteiger partial charge in [-0.1, -0.05) is 6.07 Å². The Kier molecular flexibility index (Phi) is 3.93. The average molecular weight is 346 g/mol. The van der Waals surface area contributed by atoms with Crippen molar-refractivity contribution in [3.63, 3.8) is 0 Å². The van der Waals surface area contributed by atoms with Crippen LogP contribution in [-0.4, -0.2) is 0 Å². The molecule has 0 spiro atoms. The third-order valence-corrected chi connectivity index (χ3v) is 2.79. The van der Waals surface area contributed by atoms with Gasteiger partial charge in [0.25, 0.3) is 0 Å². The molecule has 4 heteroatoms. The van der Waals surface area contributed by atoms with Crippen molar-refractivity contribution in [2.45, 2.75) is 6.61 Å². The molecule has 0 saturated carbocycles. The highest BCUT2D eigenvalue weighted by molar-refractivity contribution is 14.1. The van der Waals surface area contributed by atoms with Gasteiger partial charge in [-0.2, -0.15) is 0 Å². The summed E-state index contributed by atoms with van der Waals surface area (Å²) in [5.41, 5.74) is 0.473. The van der Waals surface area contributed by atoms with E-state index in [-0.39, 0.29) is 6.61 Å². The van der Waals surface area contributed by atoms with E-state index in [0.717, 1.165) is 9.64 Å². The molecule has 0 heterocycles. The van der Waals surface area contributed by atoms with Crippen LogP contribution in [0, 0.1) is 15.2 Å². The Morgan fingerprint density at radius 3 is 2.35 bits per heavy atom. The van der Waals surface area contributed by atoms with Crippen molar-refractivity contribution in [2.75, 3.05) is 0 Å². The normalized spacial score (nSPS) is 10.3. The molecule has 0 saturated heterocycles. The summed E-state index contributed by atoms with van der Waals surface area (Å²) in [4.78, 5) is 0. The summed E-state index contributed by atoms with van der Waals surface area (Å²) in [5, 5.41) is 0. The van der Waals surface area contributed by atoms with E-state index in [1.54, 1.807) is 6.07 Å². The summed E-state index contributed by atoms with van der Waals surface area (Å²) in [6.07, 6.45) is 0. The smallest absolute Gasteiger partial charge is 0.126 e. The molecule has 2 aromatic carbocycles. The molecular formula is C13H9F2IO. The molecule has 2 aromatic rings. The highest BCUT2D eigenvalue weighted by Crippen LogP contribution is 2.17. The summed E-state index contributed by atoms with van der Waals surface area (Å²) in [6, 6.07) is 10.8. The minimum Gasteiger partial charge on any atom is -0.489 e. The van der Waals surface area contributed by atoms with Crippen LogP contribution in [-0.2, 0) is 6.61 Å². The van der Waals surface area contributed by atoms with Crippen LogP contribution in [0.2, 0.25) is 0 Å². The topological polar surface area (TPSA) is 9.23 Å². The van der Waals surface area contributed by atoms with Gasteiger partial charge in [-0.25, -0.2) is 8.78 Å². The van der Waals surface area contributed by atoms with Crippen molar-refractivity contribution in [3.8, 4) is 5.75 Å². The summed E-state index contributed by atoms with van der Waals surface area (Å²) in [5.74, 6) is -0.501. The van der Waals surface area contributed by atoms with E-state index in [9.17, 15) is 8.78 Å². The molecule has 2 rings (SSSR count). The highest BCUT2D eigenvalue weighted by Gasteiger charge is 2.02. The number of hydrogen-bond donors (Lipinski definition) is 0. The van der Waals surface area contributed by atoms with Crippen LogP contribution < -0.4 is 4.74 Å². The Bertz CT molecular complexity index is 508. The van der Waals surface area contributed by atoms with Crippen molar-refractivity contribution >= 4 is 22.6 Å². The molecule has 0 aliphatic rings. The number of ether oxygens (including phenoxy) is 1. The number of halogens is 3. The molecule has 0 unspecified atom stereocenters. The lowest BCUT2D eigenvalue weighted by atomic mass is 10.2. The van der Waals surface area contributed by atoms with Crippen LogP contribution in [0.15, 0.2) is 42.5 Å². The predicted molar refractivity (Wildman–Crippen MR) is 69.8 cm³/mol. The van der Waals surface area contributed by atoms with Gasteiger partial charge in [-0.15, -0.1) is 0 Å². The fourth-order valence-electron chi connectivity index (χ4n) is 1.42. The minimum atomic E-state index is -0.591. The van der Waals surface area contributed by atoms with Gasteiger partial charge in [-0.3, -0.25) is 0 Å². The van der Waals surface area contributed by atoms with Crippen LogP contribution in [0.3, 0.4) is 0 Å². The Balaban J connectivity index is 2.07. The molecule has 0 aliphatic heterocycles. The molecule has 0 atom stereocenters. The van der Waals surface area contributed by atoms with E-state index in [0.29, 0.717) is 11.3 Å². The lowest BCUT2D eigenvalue weighted by Gasteiger charge is -2.06. The number of benzene rings is 2. The Morgan fingerprint density at radius 2 is 1.71 bits per heavy atom. The van der Waals surface area contributed by atoms with Crippen molar-refractivity contribution < 1.29 is 13.5 Å². The first-order chi connectivity index (χ1) is 8.13. The zero-order valence-corrected chi connectivity index (χ0v) is 10.9. The molecule has 1 nitrogen and oxygen atoms in total. The fraction of sp³-hybridized carbons (Fsp3) is 0.0769. The second-order valence-corrected chi connectivity index (χ2v) is 4.77. The van der Waals surface area contributed by atoms with Gasteiger partial charge in [0.2, 0.25) is 0 Å². The molecule has 0 aromatic heterocycles. The molecule has 88 valence electrons. The van der Waals surface area contributed by atoms with Gasteiger partial charge in [0, 0.05) is 9.64 Å². The quantitative estimate of drug-likeness (QED) is 0.759. The van der Waals surface area contributed by atoms with Crippen LogP contribution in [0.25, 0.3) is 0 Å². The largest absolute Gasteiger partial charge is 0.489 e. The zero-order chi connectivity index (χ0) is 12.3. The maximum atomic E-state index is 12.9. The van der Waals surface area contributed by atoms with Crippen LogP contribution >= 0.6 is 22.6 Å². The molecular weight excluding hydrogens is 337 g/mol. The van der Waals surface area contributed by atoms with Crippen LogP contribution in [0.4, 0.5) is 8.78 Å². The maximum absolute atomic E-state index is 12.9. The molecule has 0 N–H and O–H groups in total. The fourth-order valence-corrected chi connectivity index (χ4v) is 1.93. The lowest BCUT2D eigenvalue weighted by Crippen LogP contribution is -1.97. The van der Waals surface area contributed by atoms with Gasteiger partial charge < -0.3 is 4.74 Å². The summed E-state index contributed by atoms with van der Waals surface area (Å²) in [7, 11) is 0. The Labute approximate surface area is 112 Å². The molecule has 0 bridgehead atoms. The van der Waals surface area contributed by atoms with E-state index in [1.165, 1.54) is 12.1 Å². The number of hydrogen-bond acceptors (Lipinski definition) is 1. The SMILES string of the molecule is Fc1cc(F)cc(COc2cccc(I)c2)c1. The van der Waals surface area contributed by atoms with E-state index < -0.39 is 11.6 Å². The second-order valence-electron chi connectivity index (χ2n) is 3.52. The summed E-state index contributed by atoms with van der Waals surface area (Å²) < 4.78 is 32.3. The van der Waals surface area contributed by atoms with Gasteiger partial charge in [0.1, 0.15) is 24.0 Å². The first-order valence-corrected chi connectivity index (χ1v) is 6.05. The van der Waals surface area contributed by atoms with Gasteiger partial charge in [-0.05, 0) is 58.5 Å². The van der Waals surface area contributed by atoms with Crippen LogP contribution in [0.5, 0.6) is 5.75 Å². The number of rotatable bonds is 3. The average Bonchev–Trinajstić information content (AvgIpc) is 2.25. The van der Waals surface area contributed by atoms with Gasteiger partial charge >= 0.3 is 0 Å². The van der Waals surface area contributed by atoms with Crippen molar-refractivity contribution in [1.82, 2.24) is 0 Å². The molecule has 17 heavy (non-hydrogen) atoms. The van der Waals surface area contributed by atoms with Gasteiger partial charge in [0.15, 0.2) is 0 Å². The third kappa shape index (κ3) is 3.66. The van der Waals surface area contributed by atoms with E-state index in [1.807, 2.05) is 18.2 Å². The highest BCUT2D eigenvalue weighted by atomic mass is 127. The predicted octanol–water partition coefficient (Wildman–Crippen LogP) is 4.15. The minimum absolute atomic E-state index is 0.148. The zero-order valence-electron chi connectivity index (χ0n) is 8.79. The van der Waals surface area contributed by atoms with Crippen LogP contribution in [0.1, 0.15) is 5.56 Å². The summed E-state index contributed by atoms with van der Waals surface area (Å²) >= 11 is 2.17. The van der Waals surface area contributed by atoms with Crippen molar-refractivity contribution in [3.05, 3.63) is 63.2 Å². The molecule has 0 fully saturated rings. The monoisotopic (exact) mass is 346 g/mol. The maximum Gasteiger partial charge on any atom is 0.126 e. The summed E-state index contributed by atoms with van der Waals surface area (Å²) in [6.45, 7) is 0.148. The first kappa shape index (κ1) is 12.3. The van der Waals surface area contributed by atoms with E-state index in [2.05, 4.69) is 22.6 Å².